The average molecular weight is 347 g/mol. The molecule has 0 aliphatic rings. The maximum Gasteiger partial charge on any atom is 0.175 e. The van der Waals surface area contributed by atoms with E-state index in [-0.39, 0.29) is 0 Å². The first kappa shape index (κ1) is 15.1. The summed E-state index contributed by atoms with van der Waals surface area (Å²) in [6.45, 7) is 0. The van der Waals surface area contributed by atoms with Crippen LogP contribution in [0.1, 0.15) is 0 Å². The molecular weight excluding hydrogens is 335 g/mol. The molecule has 0 amide bonds. The number of hydrogen-bond acceptors (Lipinski definition) is 1. The van der Waals surface area contributed by atoms with Gasteiger partial charge in [-0.25, -0.2) is 0 Å². The lowest BCUT2D eigenvalue weighted by Crippen LogP contribution is -2.19. The van der Waals surface area contributed by atoms with Gasteiger partial charge in [-0.2, -0.15) is 0 Å². The van der Waals surface area contributed by atoms with Crippen LogP contribution >= 0.6 is 35.4 Å². The first-order chi connectivity index (χ1) is 10.6. The van der Waals surface area contributed by atoms with E-state index in [1.54, 1.807) is 18.2 Å². The van der Waals surface area contributed by atoms with Crippen molar-refractivity contribution in [1.82, 2.24) is 0 Å². The van der Waals surface area contributed by atoms with Crippen molar-refractivity contribution in [2.45, 2.75) is 0 Å². The molecule has 110 valence electrons. The fourth-order valence-electron chi connectivity index (χ4n) is 2.20. The van der Waals surface area contributed by atoms with Gasteiger partial charge in [-0.15, -0.1) is 0 Å². The Bertz CT molecular complexity index is 844. The summed E-state index contributed by atoms with van der Waals surface area (Å²) in [5, 5.41) is 10.1. The summed E-state index contributed by atoms with van der Waals surface area (Å²) in [7, 11) is 0. The second-order valence-electron chi connectivity index (χ2n) is 4.73. The van der Waals surface area contributed by atoms with E-state index in [1.807, 2.05) is 30.3 Å². The van der Waals surface area contributed by atoms with Gasteiger partial charge in [0, 0.05) is 16.1 Å². The highest BCUT2D eigenvalue weighted by Crippen LogP contribution is 2.26. The maximum atomic E-state index is 6.13. The van der Waals surface area contributed by atoms with Gasteiger partial charge in [0.2, 0.25) is 0 Å². The van der Waals surface area contributed by atoms with Gasteiger partial charge in [-0.3, -0.25) is 0 Å². The highest BCUT2D eigenvalue weighted by molar-refractivity contribution is 7.80. The summed E-state index contributed by atoms with van der Waals surface area (Å²) in [5.74, 6) is 0. The summed E-state index contributed by atoms with van der Waals surface area (Å²) < 4.78 is 0. The molecule has 0 saturated carbocycles. The normalized spacial score (nSPS) is 10.5. The van der Waals surface area contributed by atoms with Gasteiger partial charge in [-0.1, -0.05) is 59.6 Å². The van der Waals surface area contributed by atoms with E-state index in [1.165, 1.54) is 0 Å². The number of benzene rings is 3. The Kier molecular flexibility index (Phi) is 4.48. The molecule has 0 radical (unpaired) electrons. The Hall–Kier alpha value is -1.81. The predicted octanol–water partition coefficient (Wildman–Crippen LogP) is 5.96. The first-order valence-electron chi connectivity index (χ1n) is 6.64. The predicted molar refractivity (Wildman–Crippen MR) is 100 cm³/mol. The molecule has 22 heavy (non-hydrogen) atoms. The molecular formula is C17H12Cl2N2S. The molecule has 0 spiro atoms. The number of anilines is 2. The summed E-state index contributed by atoms with van der Waals surface area (Å²) in [6.07, 6.45) is 0. The van der Waals surface area contributed by atoms with Crippen molar-refractivity contribution in [3.63, 3.8) is 0 Å². The highest BCUT2D eigenvalue weighted by Gasteiger charge is 2.06. The highest BCUT2D eigenvalue weighted by atomic mass is 35.5. The second-order valence-corrected chi connectivity index (χ2v) is 5.98. The van der Waals surface area contributed by atoms with Gasteiger partial charge in [0.25, 0.3) is 0 Å². The zero-order chi connectivity index (χ0) is 15.5. The quantitative estimate of drug-likeness (QED) is 0.560. The Morgan fingerprint density at radius 2 is 1.55 bits per heavy atom. The number of thiocarbonyl (C=S) groups is 1. The van der Waals surface area contributed by atoms with Crippen LogP contribution in [0.15, 0.2) is 60.7 Å². The van der Waals surface area contributed by atoms with Gasteiger partial charge < -0.3 is 10.6 Å². The fraction of sp³-hybridized carbons (Fsp3) is 0. The molecule has 0 atom stereocenters. The lowest BCUT2D eigenvalue weighted by atomic mass is 10.1. The zero-order valence-electron chi connectivity index (χ0n) is 11.4. The van der Waals surface area contributed by atoms with E-state index in [0.29, 0.717) is 20.8 Å². The number of nitrogens with one attached hydrogen (secondary N) is 2. The minimum Gasteiger partial charge on any atom is -0.332 e. The monoisotopic (exact) mass is 346 g/mol. The van der Waals surface area contributed by atoms with Gasteiger partial charge >= 0.3 is 0 Å². The molecule has 5 heteroatoms. The summed E-state index contributed by atoms with van der Waals surface area (Å²) in [6, 6.07) is 19.3. The van der Waals surface area contributed by atoms with Crippen molar-refractivity contribution in [1.29, 1.82) is 0 Å². The second kappa shape index (κ2) is 6.53. The summed E-state index contributed by atoms with van der Waals surface area (Å²) in [4.78, 5) is 0. The third-order valence-corrected chi connectivity index (χ3v) is 3.98. The molecule has 0 heterocycles. The molecule has 2 nitrogen and oxygen atoms in total. The molecule has 3 rings (SSSR count). The standard InChI is InChI=1S/C17H12Cl2N2S/c18-12-8-9-14(19)16(10-12)21-17(22)20-15-7-3-5-11-4-1-2-6-13(11)15/h1-10H,(H2,20,21,22). The van der Waals surface area contributed by atoms with Gasteiger partial charge in [-0.05, 0) is 41.9 Å². The average Bonchev–Trinajstić information content (AvgIpc) is 2.51. The third-order valence-electron chi connectivity index (χ3n) is 3.21. The van der Waals surface area contributed by atoms with E-state index in [2.05, 4.69) is 22.8 Å². The topological polar surface area (TPSA) is 24.1 Å². The molecule has 0 unspecified atom stereocenters. The zero-order valence-corrected chi connectivity index (χ0v) is 13.8. The minimum atomic E-state index is 0.459. The van der Waals surface area contributed by atoms with Crippen molar-refractivity contribution < 1.29 is 0 Å². The number of rotatable bonds is 2. The van der Waals surface area contributed by atoms with E-state index in [4.69, 9.17) is 35.4 Å². The van der Waals surface area contributed by atoms with Crippen LogP contribution in [0.2, 0.25) is 10.0 Å². The van der Waals surface area contributed by atoms with Gasteiger partial charge in [0.15, 0.2) is 5.11 Å². The lowest BCUT2D eigenvalue weighted by molar-refractivity contribution is 1.61. The van der Waals surface area contributed by atoms with Gasteiger partial charge in [0.05, 0.1) is 10.7 Å². The van der Waals surface area contributed by atoms with E-state index < -0.39 is 0 Å². The Morgan fingerprint density at radius 3 is 2.41 bits per heavy atom. The van der Waals surface area contributed by atoms with E-state index in [0.717, 1.165) is 16.5 Å². The van der Waals surface area contributed by atoms with Crippen molar-refractivity contribution in [3.05, 3.63) is 70.7 Å². The third kappa shape index (κ3) is 3.33. The van der Waals surface area contributed by atoms with Crippen LogP contribution in [0.5, 0.6) is 0 Å². The lowest BCUT2D eigenvalue weighted by Gasteiger charge is -2.13. The van der Waals surface area contributed by atoms with Crippen LogP contribution in [0.4, 0.5) is 11.4 Å². The molecule has 0 aromatic heterocycles. The molecule has 3 aromatic rings. The van der Waals surface area contributed by atoms with Crippen LogP contribution in [-0.4, -0.2) is 5.11 Å². The molecule has 0 saturated heterocycles. The van der Waals surface area contributed by atoms with Gasteiger partial charge in [0.1, 0.15) is 0 Å². The molecule has 0 aliphatic heterocycles. The van der Waals surface area contributed by atoms with Crippen molar-refractivity contribution in [2.24, 2.45) is 0 Å². The van der Waals surface area contributed by atoms with Crippen molar-refractivity contribution in [3.8, 4) is 0 Å². The Labute approximate surface area is 144 Å². The van der Waals surface area contributed by atoms with Crippen LogP contribution in [0, 0.1) is 0 Å². The summed E-state index contributed by atoms with van der Waals surface area (Å²) >= 11 is 17.5. The number of hydrogen-bond donors (Lipinski definition) is 2. The van der Waals surface area contributed by atoms with Crippen molar-refractivity contribution in [2.75, 3.05) is 10.6 Å². The van der Waals surface area contributed by atoms with E-state index in [9.17, 15) is 0 Å². The van der Waals surface area contributed by atoms with E-state index >= 15 is 0 Å². The smallest absolute Gasteiger partial charge is 0.175 e. The Morgan fingerprint density at radius 1 is 0.818 bits per heavy atom. The van der Waals surface area contributed by atoms with Crippen LogP contribution in [0.25, 0.3) is 10.8 Å². The molecule has 0 aliphatic carbocycles. The first-order valence-corrected chi connectivity index (χ1v) is 7.81. The number of fused-ring (bicyclic) bond motifs is 1. The van der Waals surface area contributed by atoms with Crippen LogP contribution in [0.3, 0.4) is 0 Å². The van der Waals surface area contributed by atoms with Crippen LogP contribution in [-0.2, 0) is 0 Å². The molecule has 0 fully saturated rings. The Balaban J connectivity index is 1.83. The minimum absolute atomic E-state index is 0.459. The molecule has 3 aromatic carbocycles. The maximum absolute atomic E-state index is 6.13. The number of halogens is 2. The van der Waals surface area contributed by atoms with Crippen molar-refractivity contribution >= 4 is 62.7 Å². The molecule has 0 bridgehead atoms. The SMILES string of the molecule is S=C(Nc1cc(Cl)ccc1Cl)Nc1cccc2ccccc12. The summed E-state index contributed by atoms with van der Waals surface area (Å²) in [5.41, 5.74) is 1.61. The fourth-order valence-corrected chi connectivity index (χ4v) is 2.76. The molecule has 2 N–H and O–H groups in total. The largest absolute Gasteiger partial charge is 0.332 e. The van der Waals surface area contributed by atoms with Crippen LogP contribution < -0.4 is 10.6 Å².